The van der Waals surface area contributed by atoms with Crippen molar-refractivity contribution in [3.63, 3.8) is 0 Å². The molecule has 1 aromatic heterocycles. The van der Waals surface area contributed by atoms with Gasteiger partial charge in [0.05, 0.1) is 5.41 Å². The van der Waals surface area contributed by atoms with Gasteiger partial charge in [-0.2, -0.15) is 4.31 Å². The minimum Gasteiger partial charge on any atom is -0.392 e. The maximum absolute atomic E-state index is 15.2. The fourth-order valence-electron chi connectivity index (χ4n) is 4.91. The van der Waals surface area contributed by atoms with Gasteiger partial charge >= 0.3 is 5.76 Å². The maximum Gasteiger partial charge on any atom is 0.434 e. The predicted octanol–water partition coefficient (Wildman–Crippen LogP) is 3.78. The zero-order valence-corrected chi connectivity index (χ0v) is 18.6. The SMILES string of the molecule is O=c1[nH]nc(C2(c3cc(F)c(CN4CCC[C@H](c5ccccc5)S4(=O)=O)cc3F)CCC2)o1. The molecule has 1 aliphatic heterocycles. The lowest BCUT2D eigenvalue weighted by molar-refractivity contribution is 0.227. The summed E-state index contributed by atoms with van der Waals surface area (Å²) >= 11 is 0. The Morgan fingerprint density at radius 2 is 1.88 bits per heavy atom. The van der Waals surface area contributed by atoms with Crippen molar-refractivity contribution in [1.29, 1.82) is 0 Å². The minimum atomic E-state index is -3.74. The predicted molar refractivity (Wildman–Crippen MR) is 116 cm³/mol. The first-order valence-electron chi connectivity index (χ1n) is 10.9. The third kappa shape index (κ3) is 3.71. The summed E-state index contributed by atoms with van der Waals surface area (Å²) < 4.78 is 63.2. The normalized spacial score (nSPS) is 22.1. The van der Waals surface area contributed by atoms with Crippen LogP contribution in [0.4, 0.5) is 8.78 Å². The van der Waals surface area contributed by atoms with Crippen LogP contribution in [0.25, 0.3) is 0 Å². The molecular weight excluding hydrogens is 452 g/mol. The molecule has 0 radical (unpaired) electrons. The summed E-state index contributed by atoms with van der Waals surface area (Å²) in [6.45, 7) is -0.00394. The molecule has 1 saturated carbocycles. The van der Waals surface area contributed by atoms with Crippen LogP contribution in [0.2, 0.25) is 0 Å². The highest BCUT2D eigenvalue weighted by atomic mass is 32.2. The van der Waals surface area contributed by atoms with E-state index < -0.39 is 38.1 Å². The number of sulfonamides is 1. The highest BCUT2D eigenvalue weighted by molar-refractivity contribution is 7.89. The van der Waals surface area contributed by atoms with E-state index in [1.165, 1.54) is 4.31 Å². The van der Waals surface area contributed by atoms with Crippen molar-refractivity contribution in [3.05, 3.63) is 87.2 Å². The summed E-state index contributed by atoms with van der Waals surface area (Å²) in [4.78, 5) is 11.4. The van der Waals surface area contributed by atoms with Gasteiger partial charge in [0.1, 0.15) is 16.9 Å². The van der Waals surface area contributed by atoms with Crippen molar-refractivity contribution < 1.29 is 21.6 Å². The van der Waals surface area contributed by atoms with Gasteiger partial charge in [-0.05, 0) is 43.4 Å². The number of aromatic amines is 1. The second-order valence-electron chi connectivity index (χ2n) is 8.70. The number of rotatable bonds is 5. The second-order valence-corrected chi connectivity index (χ2v) is 10.8. The topological polar surface area (TPSA) is 96.3 Å². The van der Waals surface area contributed by atoms with Gasteiger partial charge in [0, 0.05) is 24.2 Å². The lowest BCUT2D eigenvalue weighted by Gasteiger charge is -2.39. The molecule has 0 amide bonds. The molecule has 2 fully saturated rings. The van der Waals surface area contributed by atoms with Crippen LogP contribution in [-0.2, 0) is 22.0 Å². The van der Waals surface area contributed by atoms with Crippen LogP contribution in [0.1, 0.15) is 59.9 Å². The number of halogens is 2. The highest BCUT2D eigenvalue weighted by Crippen LogP contribution is 2.49. The van der Waals surface area contributed by atoms with E-state index in [1.807, 2.05) is 6.07 Å². The Morgan fingerprint density at radius 1 is 1.12 bits per heavy atom. The van der Waals surface area contributed by atoms with Gasteiger partial charge < -0.3 is 4.42 Å². The van der Waals surface area contributed by atoms with E-state index >= 15 is 8.78 Å². The Labute approximate surface area is 189 Å². The van der Waals surface area contributed by atoms with Crippen molar-refractivity contribution >= 4 is 10.0 Å². The second kappa shape index (κ2) is 8.18. The molecule has 1 N–H and O–H groups in total. The van der Waals surface area contributed by atoms with Crippen LogP contribution in [0.3, 0.4) is 0 Å². The van der Waals surface area contributed by atoms with Crippen molar-refractivity contribution in [2.45, 2.75) is 49.3 Å². The van der Waals surface area contributed by atoms with Crippen LogP contribution >= 0.6 is 0 Å². The Balaban J connectivity index is 1.45. The number of nitrogens with one attached hydrogen (secondary N) is 1. The number of hydrogen-bond donors (Lipinski definition) is 1. The number of nitrogens with zero attached hydrogens (tertiary/aromatic N) is 2. The van der Waals surface area contributed by atoms with E-state index in [9.17, 15) is 13.2 Å². The summed E-state index contributed by atoms with van der Waals surface area (Å²) in [6.07, 6.45) is 2.80. The third-order valence-electron chi connectivity index (χ3n) is 6.82. The van der Waals surface area contributed by atoms with E-state index in [0.29, 0.717) is 31.2 Å². The monoisotopic (exact) mass is 475 g/mol. The van der Waals surface area contributed by atoms with E-state index in [0.717, 1.165) is 18.6 Å². The van der Waals surface area contributed by atoms with Gasteiger partial charge in [-0.25, -0.2) is 27.1 Å². The van der Waals surface area contributed by atoms with E-state index in [2.05, 4.69) is 10.2 Å². The maximum atomic E-state index is 15.2. The Bertz CT molecular complexity index is 1330. The number of aromatic nitrogens is 2. The van der Waals surface area contributed by atoms with Gasteiger partial charge in [0.2, 0.25) is 15.9 Å². The van der Waals surface area contributed by atoms with Gasteiger partial charge in [-0.15, -0.1) is 5.10 Å². The van der Waals surface area contributed by atoms with E-state index in [1.54, 1.807) is 24.3 Å². The van der Waals surface area contributed by atoms with Gasteiger partial charge in [-0.1, -0.05) is 36.8 Å². The van der Waals surface area contributed by atoms with Crippen LogP contribution in [-0.4, -0.2) is 29.5 Å². The Kier molecular flexibility index (Phi) is 5.44. The molecule has 174 valence electrons. The Hall–Kier alpha value is -2.85. The van der Waals surface area contributed by atoms with Crippen molar-refractivity contribution in [1.82, 2.24) is 14.5 Å². The first-order chi connectivity index (χ1) is 15.8. The highest BCUT2D eigenvalue weighted by Gasteiger charge is 2.47. The summed E-state index contributed by atoms with van der Waals surface area (Å²) in [5.74, 6) is -2.09. The minimum absolute atomic E-state index is 0.0357. The van der Waals surface area contributed by atoms with Crippen LogP contribution in [0, 0.1) is 11.6 Å². The summed E-state index contributed by atoms with van der Waals surface area (Å²) in [5.41, 5.74) is -0.282. The fourth-order valence-corrected chi connectivity index (χ4v) is 6.94. The molecule has 5 rings (SSSR count). The van der Waals surface area contributed by atoms with Crippen molar-refractivity contribution in [2.24, 2.45) is 0 Å². The standard InChI is InChI=1S/C23H23F2N3O4S/c24-18-13-17(23(9-5-10-23)21-26-27-22(29)32-21)19(25)12-16(18)14-28-11-4-8-20(33(28,30)31)15-6-2-1-3-7-15/h1-3,6-7,12-13,20H,4-5,8-11,14H2,(H,27,29)/t20-/m1/s1. The van der Waals surface area contributed by atoms with E-state index in [4.69, 9.17) is 4.42 Å². The smallest absolute Gasteiger partial charge is 0.392 e. The van der Waals surface area contributed by atoms with Crippen LogP contribution in [0.15, 0.2) is 51.7 Å². The zero-order valence-electron chi connectivity index (χ0n) is 17.8. The quantitative estimate of drug-likeness (QED) is 0.606. The molecular formula is C23H23F2N3O4S. The number of H-pyrrole nitrogens is 1. The molecule has 33 heavy (non-hydrogen) atoms. The number of benzene rings is 2. The average Bonchev–Trinajstić information content (AvgIpc) is 3.18. The van der Waals surface area contributed by atoms with Crippen molar-refractivity contribution in [3.8, 4) is 0 Å². The molecule has 2 aromatic carbocycles. The van der Waals surface area contributed by atoms with Gasteiger partial charge in [0.25, 0.3) is 0 Å². The summed E-state index contributed by atoms with van der Waals surface area (Å²) in [7, 11) is -3.74. The van der Waals surface area contributed by atoms with E-state index in [-0.39, 0.29) is 30.1 Å². The molecule has 2 aliphatic rings. The molecule has 0 spiro atoms. The van der Waals surface area contributed by atoms with Gasteiger partial charge in [-0.3, -0.25) is 0 Å². The molecule has 1 atom stereocenters. The lowest BCUT2D eigenvalue weighted by Crippen LogP contribution is -2.40. The average molecular weight is 476 g/mol. The van der Waals surface area contributed by atoms with Gasteiger partial charge in [0.15, 0.2) is 0 Å². The largest absolute Gasteiger partial charge is 0.434 e. The first kappa shape index (κ1) is 22.0. The Morgan fingerprint density at radius 3 is 2.52 bits per heavy atom. The molecule has 0 unspecified atom stereocenters. The summed E-state index contributed by atoms with van der Waals surface area (Å²) in [5, 5.41) is 5.32. The molecule has 0 bridgehead atoms. The first-order valence-corrected chi connectivity index (χ1v) is 12.4. The lowest BCUT2D eigenvalue weighted by atomic mass is 9.64. The zero-order chi connectivity index (χ0) is 23.2. The fraction of sp³-hybridized carbons (Fsp3) is 0.391. The van der Waals surface area contributed by atoms with Crippen LogP contribution < -0.4 is 5.76 Å². The molecule has 10 heteroatoms. The number of hydrogen-bond acceptors (Lipinski definition) is 5. The third-order valence-corrected chi connectivity index (χ3v) is 9.08. The molecule has 1 aliphatic carbocycles. The van der Waals surface area contributed by atoms with Crippen molar-refractivity contribution in [2.75, 3.05) is 6.54 Å². The molecule has 2 heterocycles. The molecule has 1 saturated heterocycles. The molecule has 7 nitrogen and oxygen atoms in total. The molecule has 3 aromatic rings. The summed E-state index contributed by atoms with van der Waals surface area (Å²) in [6, 6.07) is 11.1. The van der Waals surface area contributed by atoms with Crippen LogP contribution in [0.5, 0.6) is 0 Å².